The molecule has 3 heterocycles. The minimum atomic E-state index is -0.248. The summed E-state index contributed by atoms with van der Waals surface area (Å²) < 4.78 is 14.8. The number of halogens is 1. The Morgan fingerprint density at radius 1 is 1.25 bits per heavy atom. The topological polar surface area (TPSA) is 46.3 Å². The van der Waals surface area contributed by atoms with E-state index in [0.29, 0.717) is 0 Å². The van der Waals surface area contributed by atoms with Crippen LogP contribution in [0.4, 0.5) is 9.52 Å². The van der Waals surface area contributed by atoms with Gasteiger partial charge in [-0.05, 0) is 24.3 Å². The fourth-order valence-corrected chi connectivity index (χ4v) is 3.82. The highest BCUT2D eigenvalue weighted by Gasteiger charge is 2.13. The Morgan fingerprint density at radius 3 is 2.79 bits per heavy atom. The van der Waals surface area contributed by atoms with Gasteiger partial charge in [0.2, 0.25) is 10.1 Å². The SMILES string of the molecule is CN(CCc1nccs1)c1nn2cc(-c3ccc(F)cc3)nc2s1. The molecule has 122 valence electrons. The maximum Gasteiger partial charge on any atom is 0.214 e. The van der Waals surface area contributed by atoms with Crippen molar-refractivity contribution in [2.45, 2.75) is 6.42 Å². The van der Waals surface area contributed by atoms with Crippen molar-refractivity contribution in [2.75, 3.05) is 18.5 Å². The van der Waals surface area contributed by atoms with Gasteiger partial charge in [-0.1, -0.05) is 11.3 Å². The summed E-state index contributed by atoms with van der Waals surface area (Å²) in [5, 5.41) is 8.62. The van der Waals surface area contributed by atoms with Crippen LogP contribution in [0, 0.1) is 5.82 Å². The molecule has 0 bridgehead atoms. The van der Waals surface area contributed by atoms with Crippen LogP contribution in [-0.2, 0) is 6.42 Å². The number of fused-ring (bicyclic) bond motifs is 1. The molecule has 0 aliphatic heterocycles. The van der Waals surface area contributed by atoms with Gasteiger partial charge in [0, 0.05) is 37.2 Å². The molecule has 0 radical (unpaired) electrons. The lowest BCUT2D eigenvalue weighted by molar-refractivity contribution is 0.628. The number of anilines is 1. The van der Waals surface area contributed by atoms with Crippen molar-refractivity contribution in [1.29, 1.82) is 0 Å². The van der Waals surface area contributed by atoms with Gasteiger partial charge < -0.3 is 4.90 Å². The molecule has 0 atom stereocenters. The molecule has 8 heteroatoms. The first kappa shape index (κ1) is 15.2. The second kappa shape index (κ2) is 6.29. The molecule has 4 rings (SSSR count). The zero-order valence-corrected chi connectivity index (χ0v) is 14.5. The quantitative estimate of drug-likeness (QED) is 0.545. The van der Waals surface area contributed by atoms with Crippen molar-refractivity contribution in [1.82, 2.24) is 19.6 Å². The minimum Gasteiger partial charge on any atom is -0.349 e. The largest absolute Gasteiger partial charge is 0.349 e. The number of aromatic nitrogens is 4. The van der Waals surface area contributed by atoms with Crippen molar-refractivity contribution in [3.8, 4) is 11.3 Å². The number of nitrogens with zero attached hydrogens (tertiary/aromatic N) is 5. The molecule has 0 N–H and O–H groups in total. The molecule has 0 unspecified atom stereocenters. The van der Waals surface area contributed by atoms with E-state index in [1.807, 2.05) is 24.8 Å². The number of likely N-dealkylation sites (N-methyl/N-ethyl adjacent to an activating group) is 1. The summed E-state index contributed by atoms with van der Waals surface area (Å²) in [7, 11) is 2.02. The van der Waals surface area contributed by atoms with Crippen molar-refractivity contribution >= 4 is 32.8 Å². The lowest BCUT2D eigenvalue weighted by atomic mass is 10.2. The van der Waals surface area contributed by atoms with Crippen LogP contribution < -0.4 is 4.90 Å². The number of imidazole rings is 1. The molecule has 0 fully saturated rings. The second-order valence-electron chi connectivity index (χ2n) is 5.34. The Balaban J connectivity index is 1.51. The average Bonchev–Trinajstić information content (AvgIpc) is 3.29. The molecular weight excluding hydrogens is 345 g/mol. The van der Waals surface area contributed by atoms with Crippen molar-refractivity contribution in [3.05, 3.63) is 52.9 Å². The third kappa shape index (κ3) is 3.02. The molecular formula is C16H14FN5S2. The van der Waals surface area contributed by atoms with Crippen LogP contribution >= 0.6 is 22.7 Å². The van der Waals surface area contributed by atoms with Crippen molar-refractivity contribution < 1.29 is 4.39 Å². The highest BCUT2D eigenvalue weighted by molar-refractivity contribution is 7.20. The predicted molar refractivity (Wildman–Crippen MR) is 95.3 cm³/mol. The Bertz CT molecular complexity index is 911. The normalized spacial score (nSPS) is 11.2. The fraction of sp³-hybridized carbons (Fsp3) is 0.188. The van der Waals surface area contributed by atoms with E-state index in [1.165, 1.54) is 23.5 Å². The van der Waals surface area contributed by atoms with Gasteiger partial charge in [0.05, 0.1) is 16.9 Å². The fourth-order valence-electron chi connectivity index (χ4n) is 2.34. The molecule has 0 amide bonds. The van der Waals surface area contributed by atoms with Gasteiger partial charge in [-0.2, -0.15) is 0 Å². The molecule has 1 aromatic carbocycles. The van der Waals surface area contributed by atoms with Crippen LogP contribution in [0.3, 0.4) is 0 Å². The minimum absolute atomic E-state index is 0.248. The molecule has 0 aliphatic carbocycles. The van der Waals surface area contributed by atoms with E-state index in [-0.39, 0.29) is 5.82 Å². The van der Waals surface area contributed by atoms with Crippen LogP contribution in [0.5, 0.6) is 0 Å². The van der Waals surface area contributed by atoms with Crippen LogP contribution in [0.1, 0.15) is 5.01 Å². The maximum absolute atomic E-state index is 13.0. The van der Waals surface area contributed by atoms with E-state index >= 15 is 0 Å². The van der Waals surface area contributed by atoms with Gasteiger partial charge >= 0.3 is 0 Å². The Hall–Kier alpha value is -2.32. The first-order valence-corrected chi connectivity index (χ1v) is 9.10. The van der Waals surface area contributed by atoms with E-state index in [2.05, 4.69) is 20.0 Å². The number of hydrogen-bond acceptors (Lipinski definition) is 6. The first-order valence-electron chi connectivity index (χ1n) is 7.41. The molecule has 5 nitrogen and oxygen atoms in total. The smallest absolute Gasteiger partial charge is 0.214 e. The van der Waals surface area contributed by atoms with Gasteiger partial charge in [0.15, 0.2) is 0 Å². The summed E-state index contributed by atoms with van der Waals surface area (Å²) in [5.41, 5.74) is 1.68. The molecule has 0 spiro atoms. The second-order valence-corrected chi connectivity index (χ2v) is 7.26. The van der Waals surface area contributed by atoms with E-state index in [1.54, 1.807) is 28.0 Å². The monoisotopic (exact) mass is 359 g/mol. The third-order valence-corrected chi connectivity index (χ3v) is 5.52. The van der Waals surface area contributed by atoms with Gasteiger partial charge in [0.1, 0.15) is 5.82 Å². The van der Waals surface area contributed by atoms with E-state index in [9.17, 15) is 4.39 Å². The first-order chi connectivity index (χ1) is 11.7. The van der Waals surface area contributed by atoms with Crippen molar-refractivity contribution in [3.63, 3.8) is 0 Å². The Morgan fingerprint density at radius 2 is 2.08 bits per heavy atom. The number of hydrogen-bond donors (Lipinski definition) is 0. The molecule has 24 heavy (non-hydrogen) atoms. The zero-order valence-electron chi connectivity index (χ0n) is 12.9. The van der Waals surface area contributed by atoms with E-state index in [4.69, 9.17) is 0 Å². The third-order valence-electron chi connectivity index (χ3n) is 3.64. The van der Waals surface area contributed by atoms with Crippen LogP contribution in [-0.4, -0.2) is 33.2 Å². The highest BCUT2D eigenvalue weighted by Crippen LogP contribution is 2.26. The summed E-state index contributed by atoms with van der Waals surface area (Å²) >= 11 is 3.21. The summed E-state index contributed by atoms with van der Waals surface area (Å²) in [6.45, 7) is 0.856. The summed E-state index contributed by atoms with van der Waals surface area (Å²) in [6.07, 6.45) is 4.60. The number of benzene rings is 1. The van der Waals surface area contributed by atoms with E-state index in [0.717, 1.165) is 39.3 Å². The number of rotatable bonds is 5. The summed E-state index contributed by atoms with van der Waals surface area (Å²) in [4.78, 5) is 11.8. The van der Waals surface area contributed by atoms with Gasteiger partial charge in [-0.25, -0.2) is 18.9 Å². The van der Waals surface area contributed by atoms with Crippen LogP contribution in [0.2, 0.25) is 0 Å². The van der Waals surface area contributed by atoms with Crippen molar-refractivity contribution in [2.24, 2.45) is 0 Å². The maximum atomic E-state index is 13.0. The Kier molecular flexibility index (Phi) is 3.99. The summed E-state index contributed by atoms with van der Waals surface area (Å²) in [6, 6.07) is 6.33. The van der Waals surface area contributed by atoms with E-state index < -0.39 is 0 Å². The number of thiazole rings is 1. The molecule has 0 saturated heterocycles. The average molecular weight is 359 g/mol. The zero-order chi connectivity index (χ0) is 16.5. The molecule has 0 saturated carbocycles. The standard InChI is InChI=1S/C16H14FN5S2/c1-21(8-6-14-18-7-9-23-14)16-20-22-10-13(19-15(22)24-16)11-2-4-12(17)5-3-11/h2-5,7,9-10H,6,8H2,1H3. The van der Waals surface area contributed by atoms with Gasteiger partial charge in [-0.3, -0.25) is 0 Å². The predicted octanol–water partition coefficient (Wildman–Crippen LogP) is 3.73. The molecule has 0 aliphatic rings. The lowest BCUT2D eigenvalue weighted by Gasteiger charge is -2.13. The lowest BCUT2D eigenvalue weighted by Crippen LogP contribution is -2.20. The Labute approximate surface area is 146 Å². The van der Waals surface area contributed by atoms with Crippen LogP contribution in [0.15, 0.2) is 42.0 Å². The van der Waals surface area contributed by atoms with Crippen LogP contribution in [0.25, 0.3) is 16.2 Å². The highest BCUT2D eigenvalue weighted by atomic mass is 32.1. The molecule has 4 aromatic rings. The van der Waals surface area contributed by atoms with Gasteiger partial charge in [-0.15, -0.1) is 16.4 Å². The molecule has 3 aromatic heterocycles. The summed E-state index contributed by atoms with van der Waals surface area (Å²) in [5.74, 6) is -0.248. The van der Waals surface area contributed by atoms with Gasteiger partial charge in [0.25, 0.3) is 0 Å².